The van der Waals surface area contributed by atoms with Crippen molar-refractivity contribution >= 4 is 5.97 Å². The minimum Gasteiger partial charge on any atom is -0.479 e. The van der Waals surface area contributed by atoms with Gasteiger partial charge in [-0.15, -0.1) is 0 Å². The Morgan fingerprint density at radius 1 is 0.909 bits per heavy atom. The van der Waals surface area contributed by atoms with Crippen molar-refractivity contribution in [3.05, 3.63) is 66.2 Å². The fourth-order valence-corrected chi connectivity index (χ4v) is 2.38. The van der Waals surface area contributed by atoms with Gasteiger partial charge in [0, 0.05) is 0 Å². The predicted molar refractivity (Wildman–Crippen MR) is 87.1 cm³/mol. The minimum atomic E-state index is -0.896. The summed E-state index contributed by atoms with van der Waals surface area (Å²) in [7, 11) is 0. The fourth-order valence-electron chi connectivity index (χ4n) is 2.38. The molecule has 2 aromatic rings. The van der Waals surface area contributed by atoms with E-state index in [9.17, 15) is 9.90 Å². The van der Waals surface area contributed by atoms with Crippen LogP contribution in [-0.2, 0) is 11.2 Å². The smallest absolute Gasteiger partial charge is 0.344 e. The van der Waals surface area contributed by atoms with Crippen LogP contribution in [0.4, 0.5) is 0 Å². The zero-order valence-electron chi connectivity index (χ0n) is 12.7. The van der Waals surface area contributed by atoms with Gasteiger partial charge in [0.05, 0.1) is 0 Å². The average molecular weight is 298 g/mol. The number of para-hydroxylation sites is 1. The predicted octanol–water partition coefficient (Wildman–Crippen LogP) is 4.32. The highest BCUT2D eigenvalue weighted by Crippen LogP contribution is 2.15. The number of rotatable bonds is 9. The zero-order valence-corrected chi connectivity index (χ0v) is 12.7. The van der Waals surface area contributed by atoms with Crippen molar-refractivity contribution < 1.29 is 14.6 Å². The molecule has 2 rings (SSSR count). The lowest BCUT2D eigenvalue weighted by Gasteiger charge is -2.15. The molecule has 0 spiro atoms. The SMILES string of the molecule is O=C(O)C(CCCCCc1ccccc1)Oc1ccccc1. The molecule has 22 heavy (non-hydrogen) atoms. The second-order valence-electron chi connectivity index (χ2n) is 5.34. The van der Waals surface area contributed by atoms with E-state index in [1.54, 1.807) is 12.1 Å². The Hall–Kier alpha value is -2.29. The third-order valence-electron chi connectivity index (χ3n) is 3.57. The van der Waals surface area contributed by atoms with Crippen LogP contribution in [0.3, 0.4) is 0 Å². The van der Waals surface area contributed by atoms with E-state index >= 15 is 0 Å². The third-order valence-corrected chi connectivity index (χ3v) is 3.57. The average Bonchev–Trinajstić information content (AvgIpc) is 2.55. The highest BCUT2D eigenvalue weighted by molar-refractivity contribution is 5.72. The summed E-state index contributed by atoms with van der Waals surface area (Å²) in [4.78, 5) is 11.3. The fraction of sp³-hybridized carbons (Fsp3) is 0.316. The zero-order chi connectivity index (χ0) is 15.6. The Labute approximate surface area is 131 Å². The van der Waals surface area contributed by atoms with Crippen LogP contribution in [0.5, 0.6) is 5.75 Å². The molecule has 0 aliphatic carbocycles. The molecule has 0 radical (unpaired) electrons. The molecule has 0 saturated heterocycles. The summed E-state index contributed by atoms with van der Waals surface area (Å²) < 4.78 is 5.54. The molecular weight excluding hydrogens is 276 g/mol. The van der Waals surface area contributed by atoms with Gasteiger partial charge in [0.25, 0.3) is 0 Å². The standard InChI is InChI=1S/C19H22O3/c20-19(21)18(22-17-13-7-3-8-14-17)15-9-2-6-12-16-10-4-1-5-11-16/h1,3-5,7-8,10-11,13-14,18H,2,6,9,12,15H2,(H,20,21). The van der Waals surface area contributed by atoms with E-state index in [0.717, 1.165) is 25.7 Å². The maximum absolute atomic E-state index is 11.3. The van der Waals surface area contributed by atoms with Crippen molar-refractivity contribution in [3.63, 3.8) is 0 Å². The molecule has 2 aromatic carbocycles. The maximum Gasteiger partial charge on any atom is 0.344 e. The number of benzene rings is 2. The second kappa shape index (κ2) is 8.88. The van der Waals surface area contributed by atoms with Gasteiger partial charge in [-0.25, -0.2) is 4.79 Å². The first-order chi connectivity index (χ1) is 10.8. The number of unbranched alkanes of at least 4 members (excludes halogenated alkanes) is 2. The molecule has 3 heteroatoms. The summed E-state index contributed by atoms with van der Waals surface area (Å²) >= 11 is 0. The van der Waals surface area contributed by atoms with Crippen LogP contribution in [0.2, 0.25) is 0 Å². The molecule has 116 valence electrons. The third kappa shape index (κ3) is 5.60. The van der Waals surface area contributed by atoms with Gasteiger partial charge in [0.1, 0.15) is 5.75 Å². The number of carbonyl (C=O) groups is 1. The van der Waals surface area contributed by atoms with E-state index in [2.05, 4.69) is 12.1 Å². The van der Waals surface area contributed by atoms with Crippen LogP contribution >= 0.6 is 0 Å². The minimum absolute atomic E-state index is 0.541. The molecule has 0 bridgehead atoms. The van der Waals surface area contributed by atoms with Crippen LogP contribution in [0.15, 0.2) is 60.7 Å². The Morgan fingerprint density at radius 2 is 1.55 bits per heavy atom. The number of hydrogen-bond donors (Lipinski definition) is 1. The quantitative estimate of drug-likeness (QED) is 0.701. The number of aryl methyl sites for hydroxylation is 1. The Kier molecular flexibility index (Phi) is 6.49. The normalized spacial score (nSPS) is 11.8. The number of aliphatic carboxylic acids is 1. The Bertz CT molecular complexity index is 551. The molecule has 0 amide bonds. The largest absolute Gasteiger partial charge is 0.479 e. The highest BCUT2D eigenvalue weighted by atomic mass is 16.5. The van der Waals surface area contributed by atoms with Gasteiger partial charge in [-0.2, -0.15) is 0 Å². The van der Waals surface area contributed by atoms with Crippen LogP contribution in [-0.4, -0.2) is 17.2 Å². The number of hydrogen-bond acceptors (Lipinski definition) is 2. The van der Waals surface area contributed by atoms with Gasteiger partial charge in [0.15, 0.2) is 6.10 Å². The van der Waals surface area contributed by atoms with E-state index in [1.807, 2.05) is 36.4 Å². The Morgan fingerprint density at radius 3 is 2.18 bits per heavy atom. The summed E-state index contributed by atoms with van der Waals surface area (Å²) in [5, 5.41) is 9.24. The lowest BCUT2D eigenvalue weighted by molar-refractivity contribution is -0.145. The first-order valence-electron chi connectivity index (χ1n) is 7.74. The van der Waals surface area contributed by atoms with Crippen molar-refractivity contribution in [3.8, 4) is 5.75 Å². The summed E-state index contributed by atoms with van der Waals surface area (Å²) in [6, 6.07) is 19.5. The highest BCUT2D eigenvalue weighted by Gasteiger charge is 2.18. The topological polar surface area (TPSA) is 46.5 Å². The first kappa shape index (κ1) is 16.1. The lowest BCUT2D eigenvalue weighted by Crippen LogP contribution is -2.26. The summed E-state index contributed by atoms with van der Waals surface area (Å²) in [6.45, 7) is 0. The Balaban J connectivity index is 1.70. The molecule has 0 saturated carbocycles. The molecule has 0 heterocycles. The number of carboxylic acids is 1. The molecule has 1 N–H and O–H groups in total. The van der Waals surface area contributed by atoms with Crippen LogP contribution in [0.25, 0.3) is 0 Å². The molecular formula is C19H22O3. The van der Waals surface area contributed by atoms with E-state index < -0.39 is 12.1 Å². The summed E-state index contributed by atoms with van der Waals surface area (Å²) in [5.41, 5.74) is 1.33. The summed E-state index contributed by atoms with van der Waals surface area (Å²) in [5.74, 6) is -0.286. The van der Waals surface area contributed by atoms with Crippen molar-refractivity contribution in [1.82, 2.24) is 0 Å². The van der Waals surface area contributed by atoms with Crippen molar-refractivity contribution in [2.45, 2.75) is 38.2 Å². The van der Waals surface area contributed by atoms with Crippen molar-refractivity contribution in [1.29, 1.82) is 0 Å². The molecule has 1 atom stereocenters. The van der Waals surface area contributed by atoms with Crippen LogP contribution < -0.4 is 4.74 Å². The molecule has 0 aliphatic heterocycles. The van der Waals surface area contributed by atoms with E-state index in [0.29, 0.717) is 12.2 Å². The van der Waals surface area contributed by atoms with Gasteiger partial charge in [-0.3, -0.25) is 0 Å². The maximum atomic E-state index is 11.3. The molecule has 3 nitrogen and oxygen atoms in total. The first-order valence-corrected chi connectivity index (χ1v) is 7.74. The van der Waals surface area contributed by atoms with Gasteiger partial charge in [-0.05, 0) is 43.4 Å². The molecule has 1 unspecified atom stereocenters. The second-order valence-corrected chi connectivity index (χ2v) is 5.34. The van der Waals surface area contributed by atoms with Gasteiger partial charge in [0.2, 0.25) is 0 Å². The van der Waals surface area contributed by atoms with Crippen LogP contribution in [0, 0.1) is 0 Å². The van der Waals surface area contributed by atoms with E-state index in [1.165, 1.54) is 5.56 Å². The summed E-state index contributed by atoms with van der Waals surface area (Å²) in [6.07, 6.45) is 3.76. The van der Waals surface area contributed by atoms with Gasteiger partial charge < -0.3 is 9.84 Å². The van der Waals surface area contributed by atoms with Gasteiger partial charge >= 0.3 is 5.97 Å². The van der Waals surface area contributed by atoms with Crippen molar-refractivity contribution in [2.75, 3.05) is 0 Å². The lowest BCUT2D eigenvalue weighted by atomic mass is 10.0. The van der Waals surface area contributed by atoms with E-state index in [-0.39, 0.29) is 0 Å². The van der Waals surface area contributed by atoms with Crippen molar-refractivity contribution in [2.24, 2.45) is 0 Å². The van der Waals surface area contributed by atoms with E-state index in [4.69, 9.17) is 4.74 Å². The molecule has 0 aliphatic rings. The number of ether oxygens (including phenoxy) is 1. The monoisotopic (exact) mass is 298 g/mol. The van der Waals surface area contributed by atoms with Crippen LogP contribution in [0.1, 0.15) is 31.2 Å². The molecule has 0 aromatic heterocycles. The number of carboxylic acid groups (broad SMARTS) is 1. The molecule has 0 fully saturated rings. The van der Waals surface area contributed by atoms with Gasteiger partial charge in [-0.1, -0.05) is 55.0 Å².